The first-order chi connectivity index (χ1) is 11.1. The van der Waals surface area contributed by atoms with E-state index in [0.29, 0.717) is 0 Å². The molecule has 0 atom stereocenters. The van der Waals surface area contributed by atoms with Crippen molar-refractivity contribution in [3.05, 3.63) is 0 Å². The molecule has 0 aromatic heterocycles. The molecule has 2 aliphatic rings. The van der Waals surface area contributed by atoms with Crippen molar-refractivity contribution in [2.75, 3.05) is 13.2 Å². The molecule has 1 saturated carbocycles. The van der Waals surface area contributed by atoms with Gasteiger partial charge in [0.25, 0.3) is 0 Å². The smallest absolute Gasteiger partial charge is 0.331 e. The zero-order valence-electron chi connectivity index (χ0n) is 14.4. The molecule has 0 amide bonds. The molecule has 0 N–H and O–H groups in total. The topological polar surface area (TPSA) is 68.6 Å². The van der Waals surface area contributed by atoms with Gasteiger partial charge in [0.2, 0.25) is 5.41 Å². The fraction of sp³-hybridized carbons (Fsp3) is 0.889. The minimum atomic E-state index is -1.30. The van der Waals surface area contributed by atoms with Crippen molar-refractivity contribution >= 4 is 5.97 Å². The number of rotatable bonds is 6. The highest BCUT2D eigenvalue weighted by Gasteiger charge is 2.46. The molecule has 0 bridgehead atoms. The average Bonchev–Trinajstić information content (AvgIpc) is 2.58. The number of nitrogens with zero attached hydrogens (tertiary/aromatic N) is 1. The van der Waals surface area contributed by atoms with E-state index in [2.05, 4.69) is 13.0 Å². The van der Waals surface area contributed by atoms with Gasteiger partial charge in [-0.2, -0.15) is 5.26 Å². The lowest BCUT2D eigenvalue weighted by Crippen LogP contribution is -2.48. The number of esters is 1. The van der Waals surface area contributed by atoms with Crippen LogP contribution in [0.1, 0.15) is 65.2 Å². The molecule has 0 spiro atoms. The van der Waals surface area contributed by atoms with Gasteiger partial charge in [-0.1, -0.05) is 33.1 Å². The Morgan fingerprint density at radius 1 is 1.13 bits per heavy atom. The molecular formula is C18H29NO4. The maximum absolute atomic E-state index is 12.5. The molecule has 0 radical (unpaired) electrons. The van der Waals surface area contributed by atoms with Gasteiger partial charge in [0, 0.05) is 0 Å². The van der Waals surface area contributed by atoms with Crippen LogP contribution >= 0.6 is 0 Å². The van der Waals surface area contributed by atoms with Crippen LogP contribution in [0.15, 0.2) is 0 Å². The second-order valence-electron chi connectivity index (χ2n) is 6.87. The van der Waals surface area contributed by atoms with E-state index in [1.807, 2.05) is 6.92 Å². The van der Waals surface area contributed by atoms with Crippen LogP contribution in [-0.2, 0) is 19.0 Å². The van der Waals surface area contributed by atoms with Gasteiger partial charge in [0.05, 0.1) is 19.3 Å². The minimum Gasteiger partial charge on any atom is -0.461 e. The van der Waals surface area contributed by atoms with Crippen molar-refractivity contribution in [3.63, 3.8) is 0 Å². The Labute approximate surface area is 139 Å². The summed E-state index contributed by atoms with van der Waals surface area (Å²) in [6.45, 7) is 4.38. The third kappa shape index (κ3) is 4.68. The second-order valence-corrected chi connectivity index (χ2v) is 6.87. The third-order valence-electron chi connectivity index (χ3n) is 4.92. The summed E-state index contributed by atoms with van der Waals surface area (Å²) in [6.07, 6.45) is 7.83. The van der Waals surface area contributed by atoms with Gasteiger partial charge in [-0.3, -0.25) is 4.79 Å². The first-order valence-corrected chi connectivity index (χ1v) is 8.99. The molecule has 0 unspecified atom stereocenters. The van der Waals surface area contributed by atoms with Crippen molar-refractivity contribution < 1.29 is 19.0 Å². The summed E-state index contributed by atoms with van der Waals surface area (Å²) >= 11 is 0. The van der Waals surface area contributed by atoms with E-state index in [-0.39, 0.29) is 25.6 Å². The molecule has 5 heteroatoms. The van der Waals surface area contributed by atoms with Crippen molar-refractivity contribution in [1.82, 2.24) is 0 Å². The molecule has 1 aliphatic heterocycles. The number of nitriles is 1. The largest absolute Gasteiger partial charge is 0.461 e. The molecule has 2 fully saturated rings. The van der Waals surface area contributed by atoms with Gasteiger partial charge in [0.15, 0.2) is 6.29 Å². The van der Waals surface area contributed by atoms with E-state index >= 15 is 0 Å². The van der Waals surface area contributed by atoms with E-state index in [0.717, 1.165) is 44.4 Å². The molecule has 2 rings (SSSR count). The quantitative estimate of drug-likeness (QED) is 0.699. The van der Waals surface area contributed by atoms with Crippen molar-refractivity contribution in [1.29, 1.82) is 5.26 Å². The van der Waals surface area contributed by atoms with E-state index < -0.39 is 11.4 Å². The maximum Gasteiger partial charge on any atom is 0.331 e. The Kier molecular flexibility index (Phi) is 6.86. The number of ether oxygens (including phenoxy) is 3. The predicted molar refractivity (Wildman–Crippen MR) is 85.4 cm³/mol. The van der Waals surface area contributed by atoms with Crippen molar-refractivity contribution in [2.45, 2.75) is 77.6 Å². The average molecular weight is 323 g/mol. The van der Waals surface area contributed by atoms with Crippen LogP contribution in [0.3, 0.4) is 0 Å². The molecular weight excluding hydrogens is 294 g/mol. The fourth-order valence-corrected chi connectivity index (χ4v) is 3.40. The Morgan fingerprint density at radius 2 is 1.74 bits per heavy atom. The lowest BCUT2D eigenvalue weighted by molar-refractivity contribution is -0.228. The highest BCUT2D eigenvalue weighted by atomic mass is 16.7. The van der Waals surface area contributed by atoms with Gasteiger partial charge >= 0.3 is 5.97 Å². The van der Waals surface area contributed by atoms with Crippen LogP contribution in [0.4, 0.5) is 0 Å². The molecule has 0 aromatic rings. The molecule has 23 heavy (non-hydrogen) atoms. The number of hydrogen-bond donors (Lipinski definition) is 0. The van der Waals surface area contributed by atoms with Crippen LogP contribution in [0, 0.1) is 22.7 Å². The van der Waals surface area contributed by atoms with E-state index in [4.69, 9.17) is 14.2 Å². The molecule has 1 heterocycles. The minimum absolute atomic E-state index is 0.0609. The lowest BCUT2D eigenvalue weighted by atomic mass is 9.84. The molecule has 1 aliphatic carbocycles. The number of carbonyl (C=O) groups excluding carboxylic acids is 1. The zero-order valence-corrected chi connectivity index (χ0v) is 14.4. The Bertz CT molecular complexity index is 415. The normalized spacial score (nSPS) is 34.6. The fourth-order valence-electron chi connectivity index (χ4n) is 3.40. The summed E-state index contributed by atoms with van der Waals surface area (Å²) in [5.41, 5.74) is -1.30. The van der Waals surface area contributed by atoms with E-state index in [9.17, 15) is 10.1 Å². The van der Waals surface area contributed by atoms with Crippen LogP contribution in [0.2, 0.25) is 0 Å². The Morgan fingerprint density at radius 3 is 2.26 bits per heavy atom. The van der Waals surface area contributed by atoms with Crippen LogP contribution in [0.5, 0.6) is 0 Å². The van der Waals surface area contributed by atoms with Crippen LogP contribution in [-0.4, -0.2) is 31.6 Å². The summed E-state index contributed by atoms with van der Waals surface area (Å²) in [4.78, 5) is 12.5. The third-order valence-corrected chi connectivity index (χ3v) is 4.92. The molecule has 1 saturated heterocycles. The lowest BCUT2D eigenvalue weighted by Gasteiger charge is -2.35. The highest BCUT2D eigenvalue weighted by Crippen LogP contribution is 2.32. The van der Waals surface area contributed by atoms with E-state index in [1.54, 1.807) is 0 Å². The maximum atomic E-state index is 12.5. The summed E-state index contributed by atoms with van der Waals surface area (Å²) < 4.78 is 16.7. The Balaban J connectivity index is 1.83. The van der Waals surface area contributed by atoms with Crippen LogP contribution in [0.25, 0.3) is 0 Å². The van der Waals surface area contributed by atoms with E-state index in [1.165, 1.54) is 12.8 Å². The van der Waals surface area contributed by atoms with Crippen LogP contribution < -0.4 is 0 Å². The summed E-state index contributed by atoms with van der Waals surface area (Å²) in [7, 11) is 0. The van der Waals surface area contributed by atoms with Crippen molar-refractivity contribution in [2.24, 2.45) is 11.3 Å². The summed E-state index contributed by atoms with van der Waals surface area (Å²) in [5, 5.41) is 9.46. The molecule has 0 aromatic carbocycles. The SMILES string of the molecule is CCCC1CCC(OC(=O)C2(C#N)COC(CCC)OC2)CC1. The molecule has 5 nitrogen and oxygen atoms in total. The highest BCUT2D eigenvalue weighted by molar-refractivity contribution is 5.80. The Hall–Kier alpha value is -1.12. The van der Waals surface area contributed by atoms with Crippen molar-refractivity contribution in [3.8, 4) is 6.07 Å². The zero-order chi connectivity index (χ0) is 16.7. The standard InChI is InChI=1S/C18H29NO4/c1-3-5-14-7-9-15(10-8-14)23-17(20)18(11-19)12-21-16(6-4-2)22-13-18/h14-16H,3-10,12-13H2,1-2H3. The predicted octanol–water partition coefficient (Wildman–Crippen LogP) is 3.57. The molecule has 130 valence electrons. The second kappa shape index (κ2) is 8.65. The first-order valence-electron chi connectivity index (χ1n) is 8.99. The number of hydrogen-bond acceptors (Lipinski definition) is 5. The van der Waals surface area contributed by atoms with Gasteiger partial charge in [-0.05, 0) is 38.0 Å². The van der Waals surface area contributed by atoms with Gasteiger partial charge in [-0.25, -0.2) is 0 Å². The van der Waals surface area contributed by atoms with Gasteiger partial charge in [0.1, 0.15) is 6.10 Å². The monoisotopic (exact) mass is 323 g/mol. The summed E-state index contributed by atoms with van der Waals surface area (Å²) in [5.74, 6) is 0.282. The number of carbonyl (C=O) groups is 1. The first kappa shape index (κ1) is 18.2. The van der Waals surface area contributed by atoms with Gasteiger partial charge < -0.3 is 14.2 Å². The van der Waals surface area contributed by atoms with Gasteiger partial charge in [-0.15, -0.1) is 0 Å². The summed E-state index contributed by atoms with van der Waals surface area (Å²) in [6, 6.07) is 2.07.